The van der Waals surface area contributed by atoms with Crippen molar-refractivity contribution in [2.24, 2.45) is 5.92 Å². The molecule has 2 fully saturated rings. The Morgan fingerprint density at radius 3 is 2.64 bits per heavy atom. The largest absolute Gasteiger partial charge is 0.449 e. The average molecular weight is 304 g/mol. The van der Waals surface area contributed by atoms with Crippen molar-refractivity contribution in [2.75, 3.05) is 24.6 Å². The summed E-state index contributed by atoms with van der Waals surface area (Å²) < 4.78 is 5.23. The zero-order chi connectivity index (χ0) is 15.5. The highest BCUT2D eigenvalue weighted by Gasteiger charge is 2.25. The molecule has 1 saturated heterocycles. The van der Waals surface area contributed by atoms with Crippen molar-refractivity contribution in [2.45, 2.75) is 45.6 Å². The van der Waals surface area contributed by atoms with Crippen LogP contribution in [0.25, 0.3) is 0 Å². The quantitative estimate of drug-likeness (QED) is 0.923. The van der Waals surface area contributed by atoms with Gasteiger partial charge in [0.25, 0.3) is 0 Å². The molecule has 120 valence electrons. The molecule has 6 nitrogen and oxygen atoms in total. The first kappa shape index (κ1) is 15.1. The average Bonchev–Trinajstić information content (AvgIpc) is 3.29. The fourth-order valence-electron chi connectivity index (χ4n) is 2.80. The van der Waals surface area contributed by atoms with E-state index >= 15 is 0 Å². The van der Waals surface area contributed by atoms with Crippen LogP contribution in [0.5, 0.6) is 0 Å². The molecule has 1 aromatic rings. The van der Waals surface area contributed by atoms with Gasteiger partial charge in [-0.15, -0.1) is 0 Å². The van der Waals surface area contributed by atoms with E-state index in [0.29, 0.717) is 12.5 Å². The van der Waals surface area contributed by atoms with E-state index in [1.807, 2.05) is 19.9 Å². The number of aromatic nitrogens is 2. The van der Waals surface area contributed by atoms with Crippen molar-refractivity contribution in [3.8, 4) is 0 Å². The van der Waals surface area contributed by atoms with Gasteiger partial charge in [-0.1, -0.05) is 0 Å². The van der Waals surface area contributed by atoms with Gasteiger partial charge in [-0.2, -0.15) is 0 Å². The fraction of sp³-hybridized carbons (Fsp3) is 0.688. The predicted molar refractivity (Wildman–Crippen MR) is 83.9 cm³/mol. The first-order chi connectivity index (χ1) is 10.6. The third-order valence-corrected chi connectivity index (χ3v) is 4.24. The fourth-order valence-corrected chi connectivity index (χ4v) is 2.80. The Kier molecular flexibility index (Phi) is 4.45. The molecule has 0 radical (unpaired) electrons. The van der Waals surface area contributed by atoms with Gasteiger partial charge < -0.3 is 15.0 Å². The van der Waals surface area contributed by atoms with Crippen LogP contribution in [0.3, 0.4) is 0 Å². The minimum absolute atomic E-state index is 0.201. The van der Waals surface area contributed by atoms with Gasteiger partial charge in [0.2, 0.25) is 0 Å². The van der Waals surface area contributed by atoms with Crippen molar-refractivity contribution < 1.29 is 9.53 Å². The van der Waals surface area contributed by atoms with Crippen LogP contribution in [0.4, 0.5) is 10.6 Å². The molecule has 0 bridgehead atoms. The summed E-state index contributed by atoms with van der Waals surface area (Å²) in [4.78, 5) is 22.8. The molecule has 0 atom stereocenters. The summed E-state index contributed by atoms with van der Waals surface area (Å²) in [6.07, 6.45) is 3.97. The van der Waals surface area contributed by atoms with Crippen molar-refractivity contribution in [1.29, 1.82) is 0 Å². The number of nitrogens with one attached hydrogen (secondary N) is 1. The Balaban J connectivity index is 1.46. The highest BCUT2D eigenvalue weighted by molar-refractivity contribution is 5.67. The van der Waals surface area contributed by atoms with Crippen LogP contribution in [-0.4, -0.2) is 41.8 Å². The zero-order valence-electron chi connectivity index (χ0n) is 13.3. The molecule has 3 rings (SSSR count). The molecular weight excluding hydrogens is 280 g/mol. The number of piperidine rings is 1. The Hall–Kier alpha value is -1.85. The van der Waals surface area contributed by atoms with Gasteiger partial charge in [0.15, 0.2) is 0 Å². The molecule has 0 spiro atoms. The molecule has 1 amide bonds. The molecule has 1 saturated carbocycles. The molecule has 6 heteroatoms. The number of amides is 1. The number of hydrogen-bond donors (Lipinski definition) is 1. The summed E-state index contributed by atoms with van der Waals surface area (Å²) >= 11 is 0. The van der Waals surface area contributed by atoms with Crippen LogP contribution >= 0.6 is 0 Å². The number of alkyl carbamates (subject to hydrolysis) is 1. The predicted octanol–water partition coefficient (Wildman–Crippen LogP) is 2.20. The molecule has 1 aromatic heterocycles. The highest BCUT2D eigenvalue weighted by Crippen LogP contribution is 2.28. The number of hydrogen-bond acceptors (Lipinski definition) is 5. The van der Waals surface area contributed by atoms with E-state index in [4.69, 9.17) is 4.74 Å². The molecule has 0 aromatic carbocycles. The van der Waals surface area contributed by atoms with E-state index in [1.165, 1.54) is 12.8 Å². The van der Waals surface area contributed by atoms with Gasteiger partial charge in [0, 0.05) is 30.9 Å². The zero-order valence-corrected chi connectivity index (χ0v) is 13.3. The number of aryl methyl sites for hydroxylation is 2. The summed E-state index contributed by atoms with van der Waals surface area (Å²) in [6.45, 7) is 6.26. The Morgan fingerprint density at radius 1 is 1.27 bits per heavy atom. The van der Waals surface area contributed by atoms with Gasteiger partial charge in [-0.3, -0.25) is 0 Å². The molecule has 2 heterocycles. The molecule has 2 aliphatic rings. The summed E-state index contributed by atoms with van der Waals surface area (Å²) in [6, 6.07) is 2.22. The summed E-state index contributed by atoms with van der Waals surface area (Å²) in [5.41, 5.74) is 0.992. The molecule has 1 aliphatic heterocycles. The lowest BCUT2D eigenvalue weighted by molar-refractivity contribution is 0.135. The van der Waals surface area contributed by atoms with Gasteiger partial charge in [0.05, 0.1) is 6.61 Å². The van der Waals surface area contributed by atoms with E-state index in [0.717, 1.165) is 43.3 Å². The normalized spacial score (nSPS) is 19.1. The minimum atomic E-state index is -0.265. The monoisotopic (exact) mass is 304 g/mol. The number of carbonyl (C=O) groups excluding carboxylic acids is 1. The van der Waals surface area contributed by atoms with Gasteiger partial charge in [-0.25, -0.2) is 14.8 Å². The number of anilines is 1. The van der Waals surface area contributed by atoms with Crippen LogP contribution in [0.1, 0.15) is 37.2 Å². The minimum Gasteiger partial charge on any atom is -0.449 e. The third kappa shape index (κ3) is 4.08. The Morgan fingerprint density at radius 2 is 2.00 bits per heavy atom. The molecule has 1 N–H and O–H groups in total. The Labute approximate surface area is 131 Å². The number of carbonyl (C=O) groups is 1. The van der Waals surface area contributed by atoms with Crippen LogP contribution in [0.15, 0.2) is 6.07 Å². The van der Waals surface area contributed by atoms with E-state index in [-0.39, 0.29) is 12.1 Å². The maximum absolute atomic E-state index is 11.7. The smallest absolute Gasteiger partial charge is 0.407 e. The second kappa shape index (κ2) is 6.50. The molecule has 22 heavy (non-hydrogen) atoms. The maximum atomic E-state index is 11.7. The van der Waals surface area contributed by atoms with Crippen molar-refractivity contribution in [1.82, 2.24) is 15.3 Å². The molecule has 1 aliphatic carbocycles. The number of nitrogens with zero attached hydrogens (tertiary/aromatic N) is 3. The van der Waals surface area contributed by atoms with Gasteiger partial charge >= 0.3 is 6.09 Å². The van der Waals surface area contributed by atoms with Crippen molar-refractivity contribution in [3.05, 3.63) is 17.6 Å². The lowest BCUT2D eigenvalue weighted by Crippen LogP contribution is -2.45. The first-order valence-electron chi connectivity index (χ1n) is 8.10. The summed E-state index contributed by atoms with van der Waals surface area (Å²) in [7, 11) is 0. The highest BCUT2D eigenvalue weighted by atomic mass is 16.5. The van der Waals surface area contributed by atoms with Crippen molar-refractivity contribution in [3.63, 3.8) is 0 Å². The van der Waals surface area contributed by atoms with Crippen LogP contribution in [0.2, 0.25) is 0 Å². The second-order valence-corrected chi connectivity index (χ2v) is 6.36. The van der Waals surface area contributed by atoms with E-state index in [1.54, 1.807) is 0 Å². The Bertz CT molecular complexity index is 517. The van der Waals surface area contributed by atoms with E-state index in [2.05, 4.69) is 20.2 Å². The van der Waals surface area contributed by atoms with Gasteiger partial charge in [-0.05, 0) is 45.4 Å². The summed E-state index contributed by atoms with van der Waals surface area (Å²) in [5, 5.41) is 2.98. The second-order valence-electron chi connectivity index (χ2n) is 6.36. The third-order valence-electron chi connectivity index (χ3n) is 4.24. The maximum Gasteiger partial charge on any atom is 0.407 e. The van der Waals surface area contributed by atoms with E-state index in [9.17, 15) is 4.79 Å². The standard InChI is InChI=1S/C16H24N4O2/c1-11-9-15(18-12(2)17-11)20-7-5-14(6-8-20)19-16(21)22-10-13-3-4-13/h9,13-14H,3-8,10H2,1-2H3,(H,19,21). The van der Waals surface area contributed by atoms with E-state index < -0.39 is 0 Å². The number of ether oxygens (including phenoxy) is 1. The molecule has 0 unspecified atom stereocenters. The topological polar surface area (TPSA) is 67.4 Å². The lowest BCUT2D eigenvalue weighted by Gasteiger charge is -2.33. The van der Waals surface area contributed by atoms with Crippen LogP contribution < -0.4 is 10.2 Å². The van der Waals surface area contributed by atoms with Crippen LogP contribution in [0, 0.1) is 19.8 Å². The van der Waals surface area contributed by atoms with Crippen molar-refractivity contribution >= 4 is 11.9 Å². The molecular formula is C16H24N4O2. The van der Waals surface area contributed by atoms with Gasteiger partial charge in [0.1, 0.15) is 11.6 Å². The SMILES string of the molecule is Cc1cc(N2CCC(NC(=O)OCC3CC3)CC2)nc(C)n1. The van der Waals surface area contributed by atoms with Crippen LogP contribution in [-0.2, 0) is 4.74 Å². The number of rotatable bonds is 4. The first-order valence-corrected chi connectivity index (χ1v) is 8.10. The lowest BCUT2D eigenvalue weighted by atomic mass is 10.1. The summed E-state index contributed by atoms with van der Waals surface area (Å²) in [5.74, 6) is 2.40.